The number of benzene rings is 2. The van der Waals surface area contributed by atoms with Crippen molar-refractivity contribution in [2.24, 2.45) is 0 Å². The van der Waals surface area contributed by atoms with E-state index in [9.17, 15) is 4.79 Å². The van der Waals surface area contributed by atoms with Gasteiger partial charge in [-0.1, -0.05) is 11.6 Å². The van der Waals surface area contributed by atoms with Gasteiger partial charge in [0.05, 0.1) is 16.6 Å². The summed E-state index contributed by atoms with van der Waals surface area (Å²) in [4.78, 5) is 16.7. The normalized spacial score (nSPS) is 10.8. The lowest BCUT2D eigenvalue weighted by atomic mass is 10.2. The molecule has 0 aliphatic carbocycles. The van der Waals surface area contributed by atoms with E-state index in [0.717, 1.165) is 9.26 Å². The van der Waals surface area contributed by atoms with Crippen molar-refractivity contribution in [3.8, 4) is 5.69 Å². The molecule has 0 radical (unpaired) electrons. The van der Waals surface area contributed by atoms with Gasteiger partial charge in [-0.25, -0.2) is 4.98 Å². The van der Waals surface area contributed by atoms with Crippen LogP contribution in [0.2, 0.25) is 5.02 Å². The van der Waals surface area contributed by atoms with Crippen molar-refractivity contribution in [2.75, 3.05) is 0 Å². The lowest BCUT2D eigenvalue weighted by Crippen LogP contribution is -2.18. The Hall–Kier alpha value is -1.40. The van der Waals surface area contributed by atoms with Gasteiger partial charge < -0.3 is 0 Å². The fourth-order valence-electron chi connectivity index (χ4n) is 1.88. The second kappa shape index (κ2) is 4.94. The lowest BCUT2D eigenvalue weighted by molar-refractivity contribution is 0.962. The Morgan fingerprint density at radius 1 is 1.11 bits per heavy atom. The third-order valence-corrected chi connectivity index (χ3v) is 3.78. The van der Waals surface area contributed by atoms with Crippen LogP contribution in [0.1, 0.15) is 0 Å². The summed E-state index contributed by atoms with van der Waals surface area (Å²) in [5.41, 5.74) is 1.32. The van der Waals surface area contributed by atoms with Crippen molar-refractivity contribution >= 4 is 45.1 Å². The van der Waals surface area contributed by atoms with E-state index in [1.807, 2.05) is 24.3 Å². The quantitative estimate of drug-likeness (QED) is 0.602. The first-order valence-electron chi connectivity index (χ1n) is 5.58. The number of fused-ring (bicyclic) bond motifs is 1. The van der Waals surface area contributed by atoms with Crippen LogP contribution in [0.25, 0.3) is 16.6 Å². The third-order valence-electron chi connectivity index (χ3n) is 2.83. The molecule has 3 nitrogen and oxygen atoms in total. The van der Waals surface area contributed by atoms with Crippen molar-refractivity contribution in [1.82, 2.24) is 9.55 Å². The minimum absolute atomic E-state index is 0.0946. The fraction of sp³-hybridized carbons (Fsp3) is 0. The SMILES string of the molecule is O=c1c2ccc(Cl)cc2ncn1-c1ccc(I)cc1. The maximum Gasteiger partial charge on any atom is 0.265 e. The maximum absolute atomic E-state index is 12.4. The zero-order valence-electron chi connectivity index (χ0n) is 9.68. The van der Waals surface area contributed by atoms with Crippen LogP contribution < -0.4 is 5.56 Å². The van der Waals surface area contributed by atoms with Gasteiger partial charge in [0.1, 0.15) is 6.33 Å². The molecule has 0 atom stereocenters. The summed E-state index contributed by atoms with van der Waals surface area (Å²) in [5.74, 6) is 0. The van der Waals surface area contributed by atoms with E-state index in [4.69, 9.17) is 11.6 Å². The van der Waals surface area contributed by atoms with E-state index < -0.39 is 0 Å². The van der Waals surface area contributed by atoms with Gasteiger partial charge in [-0.2, -0.15) is 0 Å². The van der Waals surface area contributed by atoms with Crippen molar-refractivity contribution < 1.29 is 0 Å². The number of rotatable bonds is 1. The summed E-state index contributed by atoms with van der Waals surface area (Å²) in [6.07, 6.45) is 1.53. The summed E-state index contributed by atoms with van der Waals surface area (Å²) in [7, 11) is 0. The molecular weight excluding hydrogens is 375 g/mol. The van der Waals surface area contributed by atoms with Crippen LogP contribution in [0.3, 0.4) is 0 Å². The molecule has 0 aliphatic rings. The Bertz CT molecular complexity index is 812. The Labute approximate surface area is 128 Å². The van der Waals surface area contributed by atoms with Crippen LogP contribution in [-0.2, 0) is 0 Å². The van der Waals surface area contributed by atoms with E-state index in [1.54, 1.807) is 18.2 Å². The van der Waals surface area contributed by atoms with Crippen LogP contribution in [0.5, 0.6) is 0 Å². The van der Waals surface area contributed by atoms with Gasteiger partial charge in [-0.05, 0) is 65.1 Å². The topological polar surface area (TPSA) is 34.9 Å². The van der Waals surface area contributed by atoms with Gasteiger partial charge in [0.25, 0.3) is 5.56 Å². The zero-order valence-corrected chi connectivity index (χ0v) is 12.6. The molecule has 0 fully saturated rings. The molecular formula is C14H8ClIN2O. The van der Waals surface area contributed by atoms with Gasteiger partial charge >= 0.3 is 0 Å². The van der Waals surface area contributed by atoms with Gasteiger partial charge in [0.15, 0.2) is 0 Å². The van der Waals surface area contributed by atoms with Crippen molar-refractivity contribution in [3.05, 3.63) is 67.7 Å². The average Bonchev–Trinajstić information content (AvgIpc) is 2.40. The molecule has 94 valence electrons. The molecule has 0 unspecified atom stereocenters. The monoisotopic (exact) mass is 382 g/mol. The number of aromatic nitrogens is 2. The van der Waals surface area contributed by atoms with Crippen LogP contribution >= 0.6 is 34.2 Å². The highest BCUT2D eigenvalue weighted by Gasteiger charge is 2.06. The standard InChI is InChI=1S/C14H8ClIN2O/c15-9-1-6-12-13(7-9)17-8-18(14(12)19)11-4-2-10(16)3-5-11/h1-8H. The number of hydrogen-bond acceptors (Lipinski definition) is 2. The molecule has 0 N–H and O–H groups in total. The molecule has 0 saturated carbocycles. The minimum atomic E-state index is -0.0946. The van der Waals surface area contributed by atoms with Crippen molar-refractivity contribution in [3.63, 3.8) is 0 Å². The second-order valence-electron chi connectivity index (χ2n) is 4.06. The van der Waals surface area contributed by atoms with E-state index in [2.05, 4.69) is 27.6 Å². The number of nitrogens with zero attached hydrogens (tertiary/aromatic N) is 2. The summed E-state index contributed by atoms with van der Waals surface area (Å²) >= 11 is 8.12. The van der Waals surface area contributed by atoms with E-state index in [1.165, 1.54) is 10.9 Å². The molecule has 3 rings (SSSR count). The van der Waals surface area contributed by atoms with Gasteiger partial charge in [0, 0.05) is 8.59 Å². The molecule has 0 aliphatic heterocycles. The van der Waals surface area contributed by atoms with Gasteiger partial charge in [0.2, 0.25) is 0 Å². The lowest BCUT2D eigenvalue weighted by Gasteiger charge is -2.06. The van der Waals surface area contributed by atoms with E-state index in [-0.39, 0.29) is 5.56 Å². The Morgan fingerprint density at radius 2 is 1.84 bits per heavy atom. The van der Waals surface area contributed by atoms with E-state index >= 15 is 0 Å². The van der Waals surface area contributed by atoms with Gasteiger partial charge in [-0.3, -0.25) is 9.36 Å². The molecule has 0 bridgehead atoms. The molecule has 0 saturated heterocycles. The molecule has 1 aromatic heterocycles. The summed E-state index contributed by atoms with van der Waals surface area (Å²) < 4.78 is 2.65. The highest BCUT2D eigenvalue weighted by Crippen LogP contribution is 2.15. The first-order chi connectivity index (χ1) is 9.15. The summed E-state index contributed by atoms with van der Waals surface area (Å²) in [5, 5.41) is 1.14. The van der Waals surface area contributed by atoms with Crippen LogP contribution in [-0.4, -0.2) is 9.55 Å². The van der Waals surface area contributed by atoms with Gasteiger partial charge in [-0.15, -0.1) is 0 Å². The molecule has 0 spiro atoms. The zero-order chi connectivity index (χ0) is 13.4. The molecule has 19 heavy (non-hydrogen) atoms. The van der Waals surface area contributed by atoms with Crippen LogP contribution in [0, 0.1) is 3.57 Å². The third kappa shape index (κ3) is 2.37. The first kappa shape index (κ1) is 12.6. The fourth-order valence-corrected chi connectivity index (χ4v) is 2.41. The Morgan fingerprint density at radius 3 is 2.58 bits per heavy atom. The van der Waals surface area contributed by atoms with Crippen molar-refractivity contribution in [1.29, 1.82) is 0 Å². The smallest absolute Gasteiger partial charge is 0.265 e. The first-order valence-corrected chi connectivity index (χ1v) is 7.04. The summed E-state index contributed by atoms with van der Waals surface area (Å²) in [6.45, 7) is 0. The number of hydrogen-bond donors (Lipinski definition) is 0. The van der Waals surface area contributed by atoms with Crippen molar-refractivity contribution in [2.45, 2.75) is 0 Å². The molecule has 5 heteroatoms. The molecule has 1 heterocycles. The second-order valence-corrected chi connectivity index (χ2v) is 5.74. The predicted octanol–water partition coefficient (Wildman–Crippen LogP) is 3.64. The highest BCUT2D eigenvalue weighted by atomic mass is 127. The highest BCUT2D eigenvalue weighted by molar-refractivity contribution is 14.1. The average molecular weight is 383 g/mol. The molecule has 2 aromatic carbocycles. The molecule has 0 amide bonds. The predicted molar refractivity (Wildman–Crippen MR) is 85.1 cm³/mol. The Balaban J connectivity index is 2.26. The summed E-state index contributed by atoms with van der Waals surface area (Å²) in [6, 6.07) is 12.8. The number of halogens is 2. The van der Waals surface area contributed by atoms with Crippen LogP contribution in [0.4, 0.5) is 0 Å². The Kier molecular flexibility index (Phi) is 3.28. The maximum atomic E-state index is 12.4. The van der Waals surface area contributed by atoms with E-state index in [0.29, 0.717) is 15.9 Å². The van der Waals surface area contributed by atoms with Crippen LogP contribution in [0.15, 0.2) is 53.6 Å². The molecule has 3 aromatic rings. The minimum Gasteiger partial charge on any atom is -0.268 e. The largest absolute Gasteiger partial charge is 0.268 e.